The highest BCUT2D eigenvalue weighted by Gasteiger charge is 2.42. The SMILES string of the molecule is CC(C)C(C)NC(=O)NC1(CN)CC1. The van der Waals surface area contributed by atoms with Gasteiger partial charge in [-0.1, -0.05) is 13.8 Å². The molecule has 0 aromatic rings. The van der Waals surface area contributed by atoms with Crippen LogP contribution in [0.1, 0.15) is 33.6 Å². The van der Waals surface area contributed by atoms with E-state index in [9.17, 15) is 4.79 Å². The Bertz CT molecular complexity index is 211. The summed E-state index contributed by atoms with van der Waals surface area (Å²) in [5.74, 6) is 0.453. The number of urea groups is 1. The molecule has 1 unspecified atom stereocenters. The second kappa shape index (κ2) is 4.17. The van der Waals surface area contributed by atoms with E-state index < -0.39 is 0 Å². The molecule has 0 aromatic carbocycles. The zero-order chi connectivity index (χ0) is 10.8. The van der Waals surface area contributed by atoms with Crippen LogP contribution in [-0.2, 0) is 0 Å². The molecule has 0 aromatic heterocycles. The predicted molar refractivity (Wildman–Crippen MR) is 57.0 cm³/mol. The number of carbonyl (C=O) groups excluding carboxylic acids is 1. The zero-order valence-corrected chi connectivity index (χ0v) is 9.26. The minimum Gasteiger partial charge on any atom is -0.335 e. The van der Waals surface area contributed by atoms with Crippen molar-refractivity contribution in [2.45, 2.75) is 45.2 Å². The zero-order valence-electron chi connectivity index (χ0n) is 9.26. The van der Waals surface area contributed by atoms with Gasteiger partial charge in [-0.3, -0.25) is 0 Å². The van der Waals surface area contributed by atoms with Crippen LogP contribution in [0, 0.1) is 5.92 Å². The first-order valence-electron chi connectivity index (χ1n) is 5.28. The van der Waals surface area contributed by atoms with Crippen LogP contribution in [0.15, 0.2) is 0 Å². The second-order valence-corrected chi connectivity index (χ2v) is 4.62. The molecule has 14 heavy (non-hydrogen) atoms. The lowest BCUT2D eigenvalue weighted by Gasteiger charge is -2.21. The topological polar surface area (TPSA) is 67.2 Å². The van der Waals surface area contributed by atoms with E-state index in [0.717, 1.165) is 12.8 Å². The predicted octanol–water partition coefficient (Wildman–Crippen LogP) is 0.821. The molecule has 0 saturated heterocycles. The maximum Gasteiger partial charge on any atom is 0.315 e. The Hall–Kier alpha value is -0.770. The molecule has 4 heteroatoms. The van der Waals surface area contributed by atoms with Crippen LogP contribution in [0.4, 0.5) is 4.79 Å². The first kappa shape index (κ1) is 11.3. The number of hydrogen-bond donors (Lipinski definition) is 3. The van der Waals surface area contributed by atoms with Crippen molar-refractivity contribution in [3.8, 4) is 0 Å². The quantitative estimate of drug-likeness (QED) is 0.627. The van der Waals surface area contributed by atoms with Crippen molar-refractivity contribution in [3.05, 3.63) is 0 Å². The molecule has 1 aliphatic carbocycles. The number of amides is 2. The minimum atomic E-state index is -0.0964. The summed E-state index contributed by atoms with van der Waals surface area (Å²) in [6.07, 6.45) is 2.01. The highest BCUT2D eigenvalue weighted by Crippen LogP contribution is 2.33. The largest absolute Gasteiger partial charge is 0.335 e. The molecule has 0 radical (unpaired) electrons. The summed E-state index contributed by atoms with van der Waals surface area (Å²) in [4.78, 5) is 11.5. The smallest absolute Gasteiger partial charge is 0.315 e. The molecule has 1 fully saturated rings. The van der Waals surface area contributed by atoms with Crippen molar-refractivity contribution in [1.82, 2.24) is 10.6 Å². The Morgan fingerprint density at radius 3 is 2.36 bits per heavy atom. The van der Waals surface area contributed by atoms with E-state index in [-0.39, 0.29) is 17.6 Å². The van der Waals surface area contributed by atoms with Crippen LogP contribution in [-0.4, -0.2) is 24.2 Å². The average Bonchev–Trinajstić information content (AvgIpc) is 2.85. The van der Waals surface area contributed by atoms with Gasteiger partial charge in [-0.15, -0.1) is 0 Å². The molecule has 0 bridgehead atoms. The third-order valence-electron chi connectivity index (χ3n) is 2.98. The Balaban J connectivity index is 2.29. The number of nitrogens with one attached hydrogen (secondary N) is 2. The van der Waals surface area contributed by atoms with Gasteiger partial charge < -0.3 is 16.4 Å². The van der Waals surface area contributed by atoms with E-state index >= 15 is 0 Å². The lowest BCUT2D eigenvalue weighted by Crippen LogP contribution is -2.50. The van der Waals surface area contributed by atoms with Crippen molar-refractivity contribution in [2.75, 3.05) is 6.54 Å². The Morgan fingerprint density at radius 1 is 1.43 bits per heavy atom. The number of nitrogens with two attached hydrogens (primary N) is 1. The van der Waals surface area contributed by atoms with Gasteiger partial charge in [0.15, 0.2) is 0 Å². The summed E-state index contributed by atoms with van der Waals surface area (Å²) >= 11 is 0. The molecule has 2 amide bonds. The van der Waals surface area contributed by atoms with Crippen molar-refractivity contribution < 1.29 is 4.79 Å². The molecule has 0 spiro atoms. The lowest BCUT2D eigenvalue weighted by molar-refractivity contribution is 0.229. The maximum atomic E-state index is 11.5. The fourth-order valence-electron chi connectivity index (χ4n) is 1.18. The van der Waals surface area contributed by atoms with Gasteiger partial charge in [-0.05, 0) is 25.7 Å². The summed E-state index contributed by atoms with van der Waals surface area (Å²) < 4.78 is 0. The molecule has 4 nitrogen and oxygen atoms in total. The van der Waals surface area contributed by atoms with Gasteiger partial charge >= 0.3 is 6.03 Å². The lowest BCUT2D eigenvalue weighted by atomic mass is 10.1. The number of hydrogen-bond acceptors (Lipinski definition) is 2. The fraction of sp³-hybridized carbons (Fsp3) is 0.900. The molecule has 1 atom stereocenters. The highest BCUT2D eigenvalue weighted by atomic mass is 16.2. The van der Waals surface area contributed by atoms with Crippen molar-refractivity contribution >= 4 is 6.03 Å². The maximum absolute atomic E-state index is 11.5. The fourth-order valence-corrected chi connectivity index (χ4v) is 1.18. The van der Waals surface area contributed by atoms with Crippen LogP contribution in [0.25, 0.3) is 0 Å². The van der Waals surface area contributed by atoms with E-state index in [1.807, 2.05) is 6.92 Å². The minimum absolute atomic E-state index is 0.0887. The van der Waals surface area contributed by atoms with Crippen LogP contribution < -0.4 is 16.4 Å². The van der Waals surface area contributed by atoms with E-state index in [4.69, 9.17) is 5.73 Å². The third kappa shape index (κ3) is 2.87. The standard InChI is InChI=1S/C10H21N3O/c1-7(2)8(3)12-9(14)13-10(6-11)4-5-10/h7-8H,4-6,11H2,1-3H3,(H2,12,13,14). The van der Waals surface area contributed by atoms with Gasteiger partial charge in [0.05, 0.1) is 5.54 Å². The second-order valence-electron chi connectivity index (χ2n) is 4.62. The van der Waals surface area contributed by atoms with Crippen LogP contribution >= 0.6 is 0 Å². The molecule has 0 aliphatic heterocycles. The molecule has 1 rings (SSSR count). The van der Waals surface area contributed by atoms with Crippen molar-refractivity contribution in [3.63, 3.8) is 0 Å². The van der Waals surface area contributed by atoms with Crippen LogP contribution in [0.5, 0.6) is 0 Å². The van der Waals surface area contributed by atoms with Gasteiger partial charge in [0.2, 0.25) is 0 Å². The Labute approximate surface area is 85.6 Å². The van der Waals surface area contributed by atoms with Gasteiger partial charge in [-0.2, -0.15) is 0 Å². The van der Waals surface area contributed by atoms with Crippen LogP contribution in [0.3, 0.4) is 0 Å². The molecule has 0 heterocycles. The molecule has 4 N–H and O–H groups in total. The van der Waals surface area contributed by atoms with Crippen molar-refractivity contribution in [2.24, 2.45) is 11.7 Å². The highest BCUT2D eigenvalue weighted by molar-refractivity contribution is 5.75. The van der Waals surface area contributed by atoms with Crippen molar-refractivity contribution in [1.29, 1.82) is 0 Å². The molecular formula is C10H21N3O. The van der Waals surface area contributed by atoms with E-state index in [0.29, 0.717) is 12.5 Å². The Kier molecular flexibility index (Phi) is 3.37. The average molecular weight is 199 g/mol. The van der Waals surface area contributed by atoms with E-state index in [1.54, 1.807) is 0 Å². The summed E-state index contributed by atoms with van der Waals surface area (Å²) in [5, 5.41) is 5.83. The molecule has 1 aliphatic rings. The monoisotopic (exact) mass is 199 g/mol. The number of carbonyl (C=O) groups is 1. The van der Waals surface area contributed by atoms with Gasteiger partial charge in [0, 0.05) is 12.6 Å². The molecular weight excluding hydrogens is 178 g/mol. The third-order valence-corrected chi connectivity index (χ3v) is 2.98. The van der Waals surface area contributed by atoms with Gasteiger partial charge in [0.1, 0.15) is 0 Å². The Morgan fingerprint density at radius 2 is 2.00 bits per heavy atom. The first-order chi connectivity index (χ1) is 6.49. The normalized spacial score (nSPS) is 20.4. The summed E-state index contributed by atoms with van der Waals surface area (Å²) in [5.41, 5.74) is 5.47. The summed E-state index contributed by atoms with van der Waals surface area (Å²) in [6.45, 7) is 6.71. The first-order valence-corrected chi connectivity index (χ1v) is 5.28. The van der Waals surface area contributed by atoms with Gasteiger partial charge in [-0.25, -0.2) is 4.79 Å². The number of rotatable bonds is 4. The van der Waals surface area contributed by atoms with Gasteiger partial charge in [0.25, 0.3) is 0 Å². The molecule has 1 saturated carbocycles. The van der Waals surface area contributed by atoms with E-state index in [2.05, 4.69) is 24.5 Å². The summed E-state index contributed by atoms with van der Waals surface area (Å²) in [7, 11) is 0. The van der Waals surface area contributed by atoms with Crippen LogP contribution in [0.2, 0.25) is 0 Å². The summed E-state index contributed by atoms with van der Waals surface area (Å²) in [6, 6.07) is 0.109. The molecule has 82 valence electrons. The van der Waals surface area contributed by atoms with E-state index in [1.165, 1.54) is 0 Å².